The van der Waals surface area contributed by atoms with Gasteiger partial charge in [0.1, 0.15) is 0 Å². The second kappa shape index (κ2) is 16.6. The zero-order valence-electron chi connectivity index (χ0n) is 53.0. The van der Waals surface area contributed by atoms with Crippen LogP contribution in [-0.2, 0) is 43.3 Å². The van der Waals surface area contributed by atoms with Crippen molar-refractivity contribution in [3.05, 3.63) is 133 Å². The third kappa shape index (κ3) is 7.82. The first-order chi connectivity index (χ1) is 36.5. The van der Waals surface area contributed by atoms with Crippen LogP contribution in [0.1, 0.15) is 253 Å². The minimum Gasteiger partial charge on any atom is -0.314 e. The van der Waals surface area contributed by atoms with Gasteiger partial charge < -0.3 is 9.80 Å². The molecule has 4 heteroatoms. The van der Waals surface area contributed by atoms with Crippen LogP contribution in [0.2, 0.25) is 0 Å². The number of allylic oxidation sites excluding steroid dienone is 1. The summed E-state index contributed by atoms with van der Waals surface area (Å²) < 4.78 is 0. The van der Waals surface area contributed by atoms with Crippen molar-refractivity contribution >= 4 is 57.8 Å². The van der Waals surface area contributed by atoms with Gasteiger partial charge in [0.2, 0.25) is 0 Å². The Hall–Kier alpha value is -4.15. The summed E-state index contributed by atoms with van der Waals surface area (Å²) in [5.74, 6) is 0.381. The molecule has 5 aromatic carbocycles. The van der Waals surface area contributed by atoms with Gasteiger partial charge in [-0.25, -0.2) is 0 Å². The summed E-state index contributed by atoms with van der Waals surface area (Å²) in [6, 6.07) is 31.9. The van der Waals surface area contributed by atoms with Crippen molar-refractivity contribution in [2.24, 2.45) is 16.7 Å². The van der Waals surface area contributed by atoms with Crippen molar-refractivity contribution in [1.29, 1.82) is 0 Å². The van der Waals surface area contributed by atoms with Crippen LogP contribution in [0, 0.1) is 23.7 Å². The molecule has 79 heavy (non-hydrogen) atoms. The second-order valence-corrected chi connectivity index (χ2v) is 35.2. The molecule has 0 aromatic heterocycles. The summed E-state index contributed by atoms with van der Waals surface area (Å²) in [5, 5.41) is 0.461. The number of aryl methyl sites for hydroxylation is 1. The van der Waals surface area contributed by atoms with E-state index in [0.29, 0.717) is 11.2 Å². The number of thioether (sulfide) groups is 1. The van der Waals surface area contributed by atoms with Gasteiger partial charge >= 0.3 is 0 Å². The standard InChI is InChI=1S/C75H97BN2S/c1-44-36-51-54(71(12,13)31-30-68(51,6)7)41-48(44)45-37-59-62-60(38-45)78(47-23-25-50-53(40-47)70(10,11)29-27-67(50,4)5)63-61-64(75(20,21)35-34-74(61,18)19)79-65(63)76(62)57-42-55-56(73(16,17)33-32-72(55,14)15)43-58(57)77(59)46-22-24-49-52(39-46)69(8,9)28-26-66(49,2)3/h22-25,36-43,61,64H,26-35H2,1-21H3. The van der Waals surface area contributed by atoms with E-state index < -0.39 is 0 Å². The molecule has 1 saturated carbocycles. The van der Waals surface area contributed by atoms with Gasteiger partial charge in [-0.2, -0.15) is 0 Å². The summed E-state index contributed by atoms with van der Waals surface area (Å²) in [4.78, 5) is 7.38. The monoisotopic (exact) mass is 1070 g/mol. The fourth-order valence-corrected chi connectivity index (χ4v) is 19.6. The molecule has 3 aliphatic heterocycles. The zero-order valence-corrected chi connectivity index (χ0v) is 53.9. The molecule has 0 radical (unpaired) electrons. The number of hydrogen-bond acceptors (Lipinski definition) is 3. The van der Waals surface area contributed by atoms with E-state index in [2.05, 4.69) is 240 Å². The van der Waals surface area contributed by atoms with E-state index in [1.165, 1.54) is 143 Å². The minimum absolute atomic E-state index is 0.0508. The molecule has 13 rings (SSSR count). The Bertz CT molecular complexity index is 3490. The van der Waals surface area contributed by atoms with Crippen LogP contribution < -0.4 is 20.7 Å². The molecule has 416 valence electrons. The molecule has 0 saturated heterocycles. The highest BCUT2D eigenvalue weighted by Gasteiger charge is 2.60. The fourth-order valence-electron chi connectivity index (χ4n) is 17.6. The Morgan fingerprint density at radius 3 is 1.28 bits per heavy atom. The summed E-state index contributed by atoms with van der Waals surface area (Å²) in [6.45, 7) is 53.3. The van der Waals surface area contributed by atoms with Crippen LogP contribution in [0.4, 0.5) is 28.4 Å². The summed E-state index contributed by atoms with van der Waals surface area (Å²) in [6.07, 6.45) is 12.1. The maximum Gasteiger partial charge on any atom is 0.259 e. The third-order valence-corrected chi connectivity index (χ3v) is 25.7. The van der Waals surface area contributed by atoms with Crippen molar-refractivity contribution in [1.82, 2.24) is 0 Å². The number of fused-ring (bicyclic) bond motifs is 9. The molecule has 0 amide bonds. The van der Waals surface area contributed by atoms with Crippen LogP contribution in [0.5, 0.6) is 0 Å². The molecule has 2 nitrogen and oxygen atoms in total. The molecule has 0 spiro atoms. The van der Waals surface area contributed by atoms with E-state index in [4.69, 9.17) is 0 Å². The van der Waals surface area contributed by atoms with E-state index in [9.17, 15) is 0 Å². The summed E-state index contributed by atoms with van der Waals surface area (Å²) in [5.41, 5.74) is 28.9. The lowest BCUT2D eigenvalue weighted by molar-refractivity contribution is 0.0881. The molecule has 5 aliphatic carbocycles. The summed E-state index contributed by atoms with van der Waals surface area (Å²) in [7, 11) is 0. The van der Waals surface area contributed by atoms with Gasteiger partial charge in [-0.3, -0.25) is 0 Å². The normalized spacial score (nSPS) is 26.6. The largest absolute Gasteiger partial charge is 0.314 e. The highest BCUT2D eigenvalue weighted by Crippen LogP contribution is 2.66. The van der Waals surface area contributed by atoms with Gasteiger partial charge in [-0.05, 0) is 245 Å². The first-order valence-electron chi connectivity index (χ1n) is 31.3. The molecule has 2 atom stereocenters. The Morgan fingerprint density at radius 2 is 0.785 bits per heavy atom. The maximum absolute atomic E-state index is 2.93. The highest BCUT2D eigenvalue weighted by atomic mass is 32.2. The molecule has 0 bridgehead atoms. The van der Waals surface area contributed by atoms with Crippen molar-refractivity contribution in [2.45, 2.75) is 258 Å². The van der Waals surface area contributed by atoms with E-state index in [-0.39, 0.29) is 60.9 Å². The maximum atomic E-state index is 2.93. The van der Waals surface area contributed by atoms with Gasteiger partial charge in [0, 0.05) is 45.3 Å². The Morgan fingerprint density at radius 1 is 0.392 bits per heavy atom. The van der Waals surface area contributed by atoms with Crippen LogP contribution in [-0.4, -0.2) is 12.0 Å². The van der Waals surface area contributed by atoms with Crippen LogP contribution in [0.15, 0.2) is 83.3 Å². The minimum atomic E-state index is 0.0508. The fraction of sp³-hybridized carbons (Fsp3) is 0.573. The van der Waals surface area contributed by atoms with Crippen LogP contribution >= 0.6 is 11.8 Å². The topological polar surface area (TPSA) is 6.48 Å². The lowest BCUT2D eigenvalue weighted by Crippen LogP contribution is -2.56. The lowest BCUT2D eigenvalue weighted by Gasteiger charge is -2.52. The molecular weight excluding hydrogens is 972 g/mol. The first kappa shape index (κ1) is 54.1. The van der Waals surface area contributed by atoms with Gasteiger partial charge in [0.05, 0.1) is 0 Å². The Labute approximate surface area is 484 Å². The Balaban J connectivity index is 1.19. The van der Waals surface area contributed by atoms with Crippen LogP contribution in [0.25, 0.3) is 11.1 Å². The molecule has 1 fully saturated rings. The number of nitrogens with zero attached hydrogens (tertiary/aromatic N) is 2. The lowest BCUT2D eigenvalue weighted by atomic mass is 9.35. The van der Waals surface area contributed by atoms with Gasteiger partial charge in [0.15, 0.2) is 0 Å². The number of rotatable bonds is 3. The Kier molecular flexibility index (Phi) is 11.3. The predicted molar refractivity (Wildman–Crippen MR) is 345 cm³/mol. The van der Waals surface area contributed by atoms with Crippen molar-refractivity contribution in [2.75, 3.05) is 9.80 Å². The molecule has 8 aliphatic rings. The van der Waals surface area contributed by atoms with Gasteiger partial charge in [-0.15, -0.1) is 11.8 Å². The predicted octanol–water partition coefficient (Wildman–Crippen LogP) is 19.9. The van der Waals surface area contributed by atoms with Crippen molar-refractivity contribution < 1.29 is 0 Å². The van der Waals surface area contributed by atoms with Crippen molar-refractivity contribution in [3.63, 3.8) is 0 Å². The van der Waals surface area contributed by atoms with Crippen molar-refractivity contribution in [3.8, 4) is 11.1 Å². The number of anilines is 5. The second-order valence-electron chi connectivity index (χ2n) is 34.0. The number of hydrogen-bond donors (Lipinski definition) is 0. The molecule has 0 N–H and O–H groups in total. The highest BCUT2D eigenvalue weighted by molar-refractivity contribution is 8.06. The summed E-state index contributed by atoms with van der Waals surface area (Å²) >= 11 is 2.31. The average Bonchev–Trinajstić information content (AvgIpc) is 2.22. The van der Waals surface area contributed by atoms with Gasteiger partial charge in [0.25, 0.3) is 6.71 Å². The van der Waals surface area contributed by atoms with E-state index in [1.807, 2.05) is 0 Å². The molecule has 5 aromatic rings. The SMILES string of the molecule is Cc1cc2c(cc1-c1cc3c4c(c1)N(c1ccc5c(c1)C(C)(C)CCC5(C)C)c1cc5c(cc1B4C1=C(C4C(S1)C(C)(C)CCC4(C)C)N3c1ccc3c(c1)C(C)(C)CCC3(C)C)C(C)(C)CCC5(C)C)C(C)(C)CCC2(C)C. The first-order valence-corrected chi connectivity index (χ1v) is 32.2. The average molecular weight is 1070 g/mol. The third-order valence-electron chi connectivity index (χ3n) is 23.8. The molecule has 3 heterocycles. The van der Waals surface area contributed by atoms with E-state index >= 15 is 0 Å². The molecule has 2 unspecified atom stereocenters. The quantitative estimate of drug-likeness (QED) is 0.166. The number of benzene rings is 5. The van der Waals surface area contributed by atoms with Gasteiger partial charge in [-0.1, -0.05) is 169 Å². The zero-order chi connectivity index (χ0) is 56.7. The smallest absolute Gasteiger partial charge is 0.259 e. The van der Waals surface area contributed by atoms with E-state index in [0.717, 1.165) is 0 Å². The van der Waals surface area contributed by atoms with E-state index in [1.54, 1.807) is 32.8 Å². The molecular formula is C75H97BN2S. The van der Waals surface area contributed by atoms with Crippen LogP contribution in [0.3, 0.4) is 0 Å².